The van der Waals surface area contributed by atoms with Crippen LogP contribution in [0.15, 0.2) is 24.3 Å². The molecule has 2 aromatic rings. The van der Waals surface area contributed by atoms with Gasteiger partial charge in [0.2, 0.25) is 0 Å². The van der Waals surface area contributed by atoms with Gasteiger partial charge in [-0.2, -0.15) is 0 Å². The first kappa shape index (κ1) is 14.3. The Morgan fingerprint density at radius 1 is 1.38 bits per heavy atom. The molecule has 1 aromatic carbocycles. The molecule has 112 valence electrons. The largest absolute Gasteiger partial charge is 0.328 e. The Kier molecular flexibility index (Phi) is 4.06. The van der Waals surface area contributed by atoms with Gasteiger partial charge < -0.3 is 10.3 Å². The van der Waals surface area contributed by atoms with Gasteiger partial charge in [0.1, 0.15) is 11.6 Å². The van der Waals surface area contributed by atoms with Crippen molar-refractivity contribution in [1.29, 1.82) is 0 Å². The molecule has 4 nitrogen and oxygen atoms in total. The Labute approximate surface area is 125 Å². The molecule has 2 N–H and O–H groups in total. The van der Waals surface area contributed by atoms with E-state index in [1.807, 2.05) is 18.2 Å². The normalized spacial score (nSPS) is 22.0. The van der Waals surface area contributed by atoms with Gasteiger partial charge in [-0.05, 0) is 31.4 Å². The van der Waals surface area contributed by atoms with Gasteiger partial charge in [0.05, 0.1) is 17.5 Å². The van der Waals surface area contributed by atoms with Crippen LogP contribution in [0.2, 0.25) is 0 Å². The van der Waals surface area contributed by atoms with Crippen molar-refractivity contribution in [3.05, 3.63) is 30.1 Å². The maximum atomic E-state index is 12.5. The second-order valence-corrected chi connectivity index (χ2v) is 6.01. The third-order valence-corrected chi connectivity index (χ3v) is 4.50. The molecule has 0 amide bonds. The monoisotopic (exact) mass is 285 g/mol. The van der Waals surface area contributed by atoms with Gasteiger partial charge in [0.15, 0.2) is 0 Å². The minimum absolute atomic E-state index is 0.0277. The second-order valence-electron chi connectivity index (χ2n) is 6.01. The molecule has 1 aliphatic carbocycles. The Morgan fingerprint density at radius 2 is 2.19 bits per heavy atom. The average molecular weight is 285 g/mol. The molecule has 3 rings (SSSR count). The number of aryl methyl sites for hydroxylation is 1. The van der Waals surface area contributed by atoms with E-state index >= 15 is 0 Å². The fourth-order valence-electron chi connectivity index (χ4n) is 3.41. The maximum absolute atomic E-state index is 12.5. The second kappa shape index (κ2) is 5.98. The van der Waals surface area contributed by atoms with Crippen LogP contribution in [0.25, 0.3) is 11.0 Å². The Balaban J connectivity index is 1.89. The minimum Gasteiger partial charge on any atom is -0.328 e. The summed E-state index contributed by atoms with van der Waals surface area (Å²) in [5, 5.41) is 0. The molecule has 1 saturated carbocycles. The third kappa shape index (κ3) is 2.72. The summed E-state index contributed by atoms with van der Waals surface area (Å²) in [5.41, 5.74) is 8.16. The minimum atomic E-state index is 0.0277. The number of Topliss-reactive ketones (excluding diaryl/α,β-unsaturated/α-hetero) is 1. The zero-order valence-electron chi connectivity index (χ0n) is 12.6. The Bertz CT molecular complexity index is 647. The smallest absolute Gasteiger partial charge is 0.145 e. The number of aromatic nitrogens is 2. The number of ketones is 1. The lowest BCUT2D eigenvalue weighted by Gasteiger charge is -2.14. The molecule has 21 heavy (non-hydrogen) atoms. The first-order valence-corrected chi connectivity index (χ1v) is 7.93. The molecule has 0 spiro atoms. The first-order valence-electron chi connectivity index (χ1n) is 7.93. The van der Waals surface area contributed by atoms with Crippen molar-refractivity contribution < 1.29 is 4.79 Å². The molecule has 0 radical (unpaired) electrons. The van der Waals surface area contributed by atoms with Crippen LogP contribution in [0, 0.1) is 5.92 Å². The zero-order chi connectivity index (χ0) is 14.8. The van der Waals surface area contributed by atoms with Crippen molar-refractivity contribution in [2.24, 2.45) is 11.7 Å². The van der Waals surface area contributed by atoms with Crippen molar-refractivity contribution in [3.63, 3.8) is 0 Å². The summed E-state index contributed by atoms with van der Waals surface area (Å²) >= 11 is 0. The van der Waals surface area contributed by atoms with Crippen molar-refractivity contribution in [3.8, 4) is 0 Å². The highest BCUT2D eigenvalue weighted by Crippen LogP contribution is 2.26. The number of hydrogen-bond donors (Lipinski definition) is 1. The molecule has 1 aliphatic rings. The molecule has 2 unspecified atom stereocenters. The Hall–Kier alpha value is -1.68. The number of para-hydroxylation sites is 2. The highest BCUT2D eigenvalue weighted by Gasteiger charge is 2.30. The summed E-state index contributed by atoms with van der Waals surface area (Å²) in [6.07, 6.45) is 4.43. The summed E-state index contributed by atoms with van der Waals surface area (Å²) in [4.78, 5) is 17.2. The summed E-state index contributed by atoms with van der Waals surface area (Å²) in [7, 11) is 0. The zero-order valence-corrected chi connectivity index (χ0v) is 12.6. The molecule has 0 saturated heterocycles. The van der Waals surface area contributed by atoms with E-state index in [-0.39, 0.29) is 17.7 Å². The van der Waals surface area contributed by atoms with Crippen LogP contribution in [0.5, 0.6) is 0 Å². The highest BCUT2D eigenvalue weighted by atomic mass is 16.1. The van der Waals surface area contributed by atoms with E-state index in [4.69, 9.17) is 5.73 Å². The number of rotatable bonds is 5. The molecule has 1 heterocycles. The third-order valence-electron chi connectivity index (χ3n) is 4.50. The lowest BCUT2D eigenvalue weighted by Crippen LogP contribution is -2.32. The van der Waals surface area contributed by atoms with Crippen LogP contribution in [0.4, 0.5) is 0 Å². The van der Waals surface area contributed by atoms with Gasteiger partial charge in [-0.3, -0.25) is 4.79 Å². The van der Waals surface area contributed by atoms with Gasteiger partial charge in [-0.25, -0.2) is 4.98 Å². The van der Waals surface area contributed by atoms with Gasteiger partial charge in [0, 0.05) is 18.5 Å². The van der Waals surface area contributed by atoms with Gasteiger partial charge >= 0.3 is 0 Å². The van der Waals surface area contributed by atoms with Crippen LogP contribution >= 0.6 is 0 Å². The van der Waals surface area contributed by atoms with Crippen molar-refractivity contribution >= 4 is 16.8 Å². The number of nitrogens with zero attached hydrogens (tertiary/aromatic N) is 2. The molecular formula is C17H23N3O. The predicted molar refractivity (Wildman–Crippen MR) is 84.1 cm³/mol. The van der Waals surface area contributed by atoms with Crippen molar-refractivity contribution in [2.45, 2.75) is 51.6 Å². The number of carbonyl (C=O) groups is 1. The SMILES string of the molecule is CCCn1c(CC(=O)C2CCCC2N)nc2ccccc21. The van der Waals surface area contributed by atoms with Crippen LogP contribution in [-0.4, -0.2) is 21.4 Å². The van der Waals surface area contributed by atoms with Gasteiger partial charge in [0.25, 0.3) is 0 Å². The van der Waals surface area contributed by atoms with E-state index in [1.165, 1.54) is 0 Å². The number of imidazole rings is 1. The standard InChI is InChI=1S/C17H23N3O/c1-2-10-20-15-9-4-3-8-14(15)19-17(20)11-16(21)12-6-5-7-13(12)18/h3-4,8-9,12-13H,2,5-7,10-11,18H2,1H3. The summed E-state index contributed by atoms with van der Waals surface area (Å²) in [6, 6.07) is 8.14. The Morgan fingerprint density at radius 3 is 2.90 bits per heavy atom. The molecule has 4 heteroatoms. The molecule has 0 bridgehead atoms. The number of benzene rings is 1. The van der Waals surface area contributed by atoms with E-state index < -0.39 is 0 Å². The lowest BCUT2D eigenvalue weighted by atomic mass is 9.96. The lowest BCUT2D eigenvalue weighted by molar-refractivity contribution is -0.122. The molecular weight excluding hydrogens is 262 g/mol. The fraction of sp³-hybridized carbons (Fsp3) is 0.529. The van der Waals surface area contributed by atoms with Crippen molar-refractivity contribution in [2.75, 3.05) is 0 Å². The van der Waals surface area contributed by atoms with E-state index in [9.17, 15) is 4.79 Å². The summed E-state index contributed by atoms with van der Waals surface area (Å²) < 4.78 is 2.19. The molecule has 1 fully saturated rings. The van der Waals surface area contributed by atoms with E-state index in [2.05, 4.69) is 22.5 Å². The molecule has 2 atom stereocenters. The first-order chi connectivity index (χ1) is 10.2. The molecule has 0 aliphatic heterocycles. The van der Waals surface area contributed by atoms with Gasteiger partial charge in [-0.15, -0.1) is 0 Å². The van der Waals surface area contributed by atoms with Crippen LogP contribution in [-0.2, 0) is 17.8 Å². The number of carbonyl (C=O) groups excluding carboxylic acids is 1. The maximum Gasteiger partial charge on any atom is 0.145 e. The quantitative estimate of drug-likeness (QED) is 0.918. The van der Waals surface area contributed by atoms with Crippen LogP contribution in [0.3, 0.4) is 0 Å². The number of fused-ring (bicyclic) bond motifs is 1. The summed E-state index contributed by atoms with van der Waals surface area (Å²) in [6.45, 7) is 3.05. The van der Waals surface area contributed by atoms with Crippen LogP contribution in [0.1, 0.15) is 38.4 Å². The number of nitrogens with two attached hydrogens (primary N) is 1. The summed E-state index contributed by atoms with van der Waals surface area (Å²) in [5.74, 6) is 1.18. The van der Waals surface area contributed by atoms with E-state index in [0.717, 1.165) is 49.1 Å². The molecule has 1 aromatic heterocycles. The topological polar surface area (TPSA) is 60.9 Å². The average Bonchev–Trinajstić information content (AvgIpc) is 3.04. The van der Waals surface area contributed by atoms with Crippen LogP contribution < -0.4 is 5.73 Å². The van der Waals surface area contributed by atoms with E-state index in [1.54, 1.807) is 0 Å². The highest BCUT2D eigenvalue weighted by molar-refractivity contribution is 5.85. The van der Waals surface area contributed by atoms with Gasteiger partial charge in [-0.1, -0.05) is 25.5 Å². The van der Waals surface area contributed by atoms with Crippen molar-refractivity contribution in [1.82, 2.24) is 9.55 Å². The van der Waals surface area contributed by atoms with E-state index in [0.29, 0.717) is 6.42 Å². The number of hydrogen-bond acceptors (Lipinski definition) is 3. The predicted octanol–water partition coefficient (Wildman–Crippen LogP) is 2.69. The fourth-order valence-corrected chi connectivity index (χ4v) is 3.41.